The normalized spacial score (nSPS) is 36.6. The number of hydrogen-bond acceptors (Lipinski definition) is 4. The molecule has 2 rings (SSSR count). The molecule has 2 aliphatic rings. The van der Waals surface area contributed by atoms with Crippen LogP contribution in [-0.4, -0.2) is 31.1 Å². The fourth-order valence-electron chi connectivity index (χ4n) is 1.12. The van der Waals surface area contributed by atoms with Crippen LogP contribution in [0.5, 0.6) is 0 Å². The van der Waals surface area contributed by atoms with Crippen molar-refractivity contribution in [2.45, 2.75) is 12.2 Å². The second kappa shape index (κ2) is 1.95. The molecule has 2 atom stereocenters. The highest BCUT2D eigenvalue weighted by molar-refractivity contribution is 5.86. The summed E-state index contributed by atoms with van der Waals surface area (Å²) in [5.41, 5.74) is 0. The number of nitrogens with one attached hydrogen (secondary N) is 3. The van der Waals surface area contributed by atoms with Gasteiger partial charge in [0.05, 0.1) is 13.0 Å². The second-order valence-electron chi connectivity index (χ2n) is 2.29. The highest BCUT2D eigenvalue weighted by Crippen LogP contribution is 2.03. The van der Waals surface area contributed by atoms with E-state index in [2.05, 4.69) is 20.9 Å². The van der Waals surface area contributed by atoms with E-state index in [9.17, 15) is 4.79 Å². The van der Waals surface area contributed by atoms with E-state index >= 15 is 0 Å². The predicted octanol–water partition coefficient (Wildman–Crippen LogP) is -2.01. The van der Waals surface area contributed by atoms with E-state index in [1.54, 1.807) is 6.34 Å². The highest BCUT2D eigenvalue weighted by Gasteiger charge is 2.33. The zero-order chi connectivity index (χ0) is 6.97. The Hall–Kier alpha value is -1.10. The lowest BCUT2D eigenvalue weighted by atomic mass is 10.2. The molecule has 0 aliphatic carbocycles. The molecule has 0 aromatic carbocycles. The third-order valence-electron chi connectivity index (χ3n) is 1.66. The Morgan fingerprint density at radius 3 is 3.40 bits per heavy atom. The van der Waals surface area contributed by atoms with Crippen molar-refractivity contribution in [2.75, 3.05) is 6.67 Å². The van der Waals surface area contributed by atoms with Crippen molar-refractivity contribution < 1.29 is 4.79 Å². The van der Waals surface area contributed by atoms with Gasteiger partial charge in [0.1, 0.15) is 6.17 Å². The number of amides is 1. The minimum atomic E-state index is -0.270. The lowest BCUT2D eigenvalue weighted by Crippen LogP contribution is -2.59. The smallest absolute Gasteiger partial charge is 0.249 e. The summed E-state index contributed by atoms with van der Waals surface area (Å²) >= 11 is 0. The molecule has 2 unspecified atom stereocenters. The Kier molecular flexibility index (Phi) is 1.10. The molecular weight excluding hydrogens is 132 g/mol. The molecule has 5 nitrogen and oxygen atoms in total. The van der Waals surface area contributed by atoms with E-state index in [1.165, 1.54) is 0 Å². The molecule has 54 valence electrons. The monoisotopic (exact) mass is 140 g/mol. The maximum absolute atomic E-state index is 11.0. The number of carbonyl (C=O) groups excluding carboxylic acids is 1. The van der Waals surface area contributed by atoms with Gasteiger partial charge < -0.3 is 10.6 Å². The van der Waals surface area contributed by atoms with Crippen molar-refractivity contribution in [3.05, 3.63) is 0 Å². The Labute approximate surface area is 57.9 Å². The third-order valence-corrected chi connectivity index (χ3v) is 1.66. The van der Waals surface area contributed by atoms with Crippen LogP contribution >= 0.6 is 0 Å². The Morgan fingerprint density at radius 2 is 2.60 bits per heavy atom. The first-order chi connectivity index (χ1) is 4.88. The zero-order valence-corrected chi connectivity index (χ0v) is 5.29. The van der Waals surface area contributed by atoms with Crippen molar-refractivity contribution in [3.63, 3.8) is 0 Å². The highest BCUT2D eigenvalue weighted by atomic mass is 16.2. The molecular formula is C5H8N4O. The molecule has 0 saturated carbocycles. The fraction of sp³-hybridized carbons (Fsp3) is 0.600. The molecule has 1 saturated heterocycles. The Morgan fingerprint density at radius 1 is 1.70 bits per heavy atom. The van der Waals surface area contributed by atoms with Gasteiger partial charge in [0.15, 0.2) is 6.04 Å². The van der Waals surface area contributed by atoms with Crippen LogP contribution in [0.2, 0.25) is 0 Å². The van der Waals surface area contributed by atoms with Gasteiger partial charge in [0.2, 0.25) is 5.91 Å². The van der Waals surface area contributed by atoms with Gasteiger partial charge in [-0.1, -0.05) is 0 Å². The molecule has 2 heterocycles. The van der Waals surface area contributed by atoms with Gasteiger partial charge in [-0.3, -0.25) is 15.1 Å². The number of hydrogen-bond donors (Lipinski definition) is 3. The molecule has 0 aromatic heterocycles. The Bertz CT molecular complexity index is 190. The van der Waals surface area contributed by atoms with Gasteiger partial charge in [-0.15, -0.1) is 0 Å². The summed E-state index contributed by atoms with van der Waals surface area (Å²) < 4.78 is 0. The largest absolute Gasteiger partial charge is 0.359 e. The van der Waals surface area contributed by atoms with Crippen molar-refractivity contribution >= 4 is 12.2 Å². The van der Waals surface area contributed by atoms with Gasteiger partial charge in [0.25, 0.3) is 0 Å². The molecule has 0 bridgehead atoms. The van der Waals surface area contributed by atoms with Crippen LogP contribution in [0.3, 0.4) is 0 Å². The zero-order valence-electron chi connectivity index (χ0n) is 5.29. The van der Waals surface area contributed by atoms with Crippen LogP contribution in [0.1, 0.15) is 0 Å². The summed E-state index contributed by atoms with van der Waals surface area (Å²) in [5, 5.41) is 8.62. The maximum Gasteiger partial charge on any atom is 0.249 e. The van der Waals surface area contributed by atoms with E-state index in [-0.39, 0.29) is 18.1 Å². The minimum absolute atomic E-state index is 0.00810. The summed E-state index contributed by atoms with van der Waals surface area (Å²) in [5.74, 6) is -0.00926. The SMILES string of the molecule is O=C1NCNC2NC=NC12. The molecule has 5 heteroatoms. The third kappa shape index (κ3) is 0.672. The molecule has 1 amide bonds. The quantitative estimate of drug-likeness (QED) is 0.364. The van der Waals surface area contributed by atoms with E-state index < -0.39 is 0 Å². The summed E-state index contributed by atoms with van der Waals surface area (Å²) in [4.78, 5) is 14.9. The number of aliphatic imine (C=N–C) groups is 1. The van der Waals surface area contributed by atoms with Crippen LogP contribution in [0.15, 0.2) is 4.99 Å². The first-order valence-electron chi connectivity index (χ1n) is 3.17. The second-order valence-corrected chi connectivity index (χ2v) is 2.29. The predicted molar refractivity (Wildman–Crippen MR) is 35.3 cm³/mol. The van der Waals surface area contributed by atoms with Crippen molar-refractivity contribution in [1.29, 1.82) is 0 Å². The van der Waals surface area contributed by atoms with Gasteiger partial charge in [-0.2, -0.15) is 0 Å². The van der Waals surface area contributed by atoms with Gasteiger partial charge >= 0.3 is 0 Å². The van der Waals surface area contributed by atoms with Crippen LogP contribution in [0, 0.1) is 0 Å². The minimum Gasteiger partial charge on any atom is -0.359 e. The molecule has 0 radical (unpaired) electrons. The van der Waals surface area contributed by atoms with Crippen LogP contribution in [-0.2, 0) is 4.79 Å². The van der Waals surface area contributed by atoms with Gasteiger partial charge in [0, 0.05) is 0 Å². The van der Waals surface area contributed by atoms with Crippen molar-refractivity contribution in [1.82, 2.24) is 16.0 Å². The van der Waals surface area contributed by atoms with Gasteiger partial charge in [-0.25, -0.2) is 0 Å². The van der Waals surface area contributed by atoms with Crippen LogP contribution < -0.4 is 16.0 Å². The average molecular weight is 140 g/mol. The summed E-state index contributed by atoms with van der Waals surface area (Å²) in [6.07, 6.45) is 1.57. The first kappa shape index (κ1) is 5.67. The summed E-state index contributed by atoms with van der Waals surface area (Å²) in [6, 6.07) is -0.270. The summed E-state index contributed by atoms with van der Waals surface area (Å²) in [6.45, 7) is 0.524. The van der Waals surface area contributed by atoms with E-state index in [0.29, 0.717) is 6.67 Å². The van der Waals surface area contributed by atoms with Crippen LogP contribution in [0.25, 0.3) is 0 Å². The van der Waals surface area contributed by atoms with E-state index in [4.69, 9.17) is 0 Å². The summed E-state index contributed by atoms with van der Waals surface area (Å²) in [7, 11) is 0. The fourth-order valence-corrected chi connectivity index (χ4v) is 1.12. The molecule has 0 spiro atoms. The van der Waals surface area contributed by atoms with Gasteiger partial charge in [-0.05, 0) is 0 Å². The van der Waals surface area contributed by atoms with Crippen molar-refractivity contribution in [3.8, 4) is 0 Å². The Balaban J connectivity index is 2.16. The topological polar surface area (TPSA) is 65.5 Å². The molecule has 1 fully saturated rings. The van der Waals surface area contributed by atoms with E-state index in [0.717, 1.165) is 0 Å². The number of nitrogens with zero attached hydrogens (tertiary/aromatic N) is 1. The number of fused-ring (bicyclic) bond motifs is 1. The first-order valence-corrected chi connectivity index (χ1v) is 3.17. The lowest BCUT2D eigenvalue weighted by Gasteiger charge is -2.24. The van der Waals surface area contributed by atoms with Crippen molar-refractivity contribution in [2.24, 2.45) is 4.99 Å². The maximum atomic E-state index is 11.0. The lowest BCUT2D eigenvalue weighted by molar-refractivity contribution is -0.124. The molecule has 3 N–H and O–H groups in total. The number of rotatable bonds is 0. The van der Waals surface area contributed by atoms with Crippen LogP contribution in [0.4, 0.5) is 0 Å². The van der Waals surface area contributed by atoms with E-state index in [1.807, 2.05) is 0 Å². The average Bonchev–Trinajstić information content (AvgIpc) is 2.36. The standard InChI is InChI=1S/C5H8N4O/c10-5-3-4(7-1-6-3)8-2-9-5/h1,3-4,8H,2H2,(H,6,7)(H,9,10). The molecule has 0 aromatic rings. The number of carbonyl (C=O) groups is 1. The molecule has 2 aliphatic heterocycles. The molecule has 10 heavy (non-hydrogen) atoms.